The van der Waals surface area contributed by atoms with E-state index in [9.17, 15) is 8.42 Å². The minimum absolute atomic E-state index is 0.291. The topological polar surface area (TPSA) is 56.4 Å². The van der Waals surface area contributed by atoms with Crippen molar-refractivity contribution in [2.75, 3.05) is 32.7 Å². The standard InChI is InChI=1S/C12H20ClN3O2S/c1-2-3-15-4-6-16(7-5-15)19(17,18)12-8-11(9-13)14-10-12/h8,10,14H,2-7,9H2,1H3. The number of aromatic amines is 1. The lowest BCUT2D eigenvalue weighted by atomic mass is 10.3. The van der Waals surface area contributed by atoms with Crippen LogP contribution >= 0.6 is 11.6 Å². The second-order valence-electron chi connectivity index (χ2n) is 4.74. The molecule has 0 bridgehead atoms. The van der Waals surface area contributed by atoms with Gasteiger partial charge in [-0.05, 0) is 19.0 Å². The third-order valence-corrected chi connectivity index (χ3v) is 5.53. The number of hydrogen-bond acceptors (Lipinski definition) is 3. The van der Waals surface area contributed by atoms with Gasteiger partial charge in [0.1, 0.15) is 0 Å². The number of nitrogens with one attached hydrogen (secondary N) is 1. The van der Waals surface area contributed by atoms with Gasteiger partial charge in [-0.3, -0.25) is 0 Å². The van der Waals surface area contributed by atoms with Gasteiger partial charge in [-0.2, -0.15) is 4.31 Å². The van der Waals surface area contributed by atoms with Gasteiger partial charge in [0.2, 0.25) is 10.0 Å². The highest BCUT2D eigenvalue weighted by Gasteiger charge is 2.28. The van der Waals surface area contributed by atoms with E-state index in [0.29, 0.717) is 23.9 Å². The number of piperazine rings is 1. The normalized spacial score (nSPS) is 18.8. The Morgan fingerprint density at radius 3 is 2.53 bits per heavy atom. The third-order valence-electron chi connectivity index (χ3n) is 3.37. The first-order chi connectivity index (χ1) is 9.07. The van der Waals surface area contributed by atoms with E-state index in [1.54, 1.807) is 10.4 Å². The third kappa shape index (κ3) is 3.31. The summed E-state index contributed by atoms with van der Waals surface area (Å²) in [7, 11) is -3.37. The number of rotatable bonds is 5. The Balaban J connectivity index is 2.05. The highest BCUT2D eigenvalue weighted by molar-refractivity contribution is 7.89. The lowest BCUT2D eigenvalue weighted by Gasteiger charge is -2.33. The molecule has 0 unspecified atom stereocenters. The predicted octanol–water partition coefficient (Wildman–Crippen LogP) is 1.47. The molecule has 108 valence electrons. The first-order valence-electron chi connectivity index (χ1n) is 6.53. The van der Waals surface area contributed by atoms with Crippen molar-refractivity contribution in [1.29, 1.82) is 0 Å². The zero-order chi connectivity index (χ0) is 13.9. The maximum Gasteiger partial charge on any atom is 0.244 e. The minimum Gasteiger partial charge on any atom is -0.363 e. The minimum atomic E-state index is -3.37. The molecule has 1 aliphatic heterocycles. The van der Waals surface area contributed by atoms with Crippen molar-refractivity contribution >= 4 is 21.6 Å². The Morgan fingerprint density at radius 2 is 2.00 bits per heavy atom. The average molecular weight is 306 g/mol. The molecule has 5 nitrogen and oxygen atoms in total. The zero-order valence-electron chi connectivity index (χ0n) is 11.1. The Bertz CT molecular complexity index is 507. The van der Waals surface area contributed by atoms with Crippen molar-refractivity contribution < 1.29 is 8.42 Å². The van der Waals surface area contributed by atoms with E-state index >= 15 is 0 Å². The summed E-state index contributed by atoms with van der Waals surface area (Å²) >= 11 is 5.68. The maximum absolute atomic E-state index is 12.4. The van der Waals surface area contributed by atoms with Crippen molar-refractivity contribution in [3.05, 3.63) is 18.0 Å². The van der Waals surface area contributed by atoms with Crippen LogP contribution in [0.3, 0.4) is 0 Å². The molecule has 0 amide bonds. The van der Waals surface area contributed by atoms with Crippen molar-refractivity contribution in [3.8, 4) is 0 Å². The quantitative estimate of drug-likeness (QED) is 0.838. The largest absolute Gasteiger partial charge is 0.363 e. The molecule has 0 saturated carbocycles. The van der Waals surface area contributed by atoms with Gasteiger partial charge in [0, 0.05) is 38.1 Å². The van der Waals surface area contributed by atoms with Gasteiger partial charge in [-0.15, -0.1) is 11.6 Å². The van der Waals surface area contributed by atoms with Crippen LogP contribution in [0.2, 0.25) is 0 Å². The Hall–Kier alpha value is -0.560. The molecule has 7 heteroatoms. The highest BCUT2D eigenvalue weighted by Crippen LogP contribution is 2.19. The molecule has 1 aromatic rings. The summed E-state index contributed by atoms with van der Waals surface area (Å²) in [6, 6.07) is 1.61. The zero-order valence-corrected chi connectivity index (χ0v) is 12.7. The predicted molar refractivity (Wildman–Crippen MR) is 75.8 cm³/mol. The van der Waals surface area contributed by atoms with E-state index in [-0.39, 0.29) is 0 Å². The molecule has 0 atom stereocenters. The molecular formula is C12H20ClN3O2S. The molecule has 0 spiro atoms. The number of sulfonamides is 1. The van der Waals surface area contributed by atoms with Crippen molar-refractivity contribution in [2.45, 2.75) is 24.1 Å². The van der Waals surface area contributed by atoms with Crippen LogP contribution in [0.25, 0.3) is 0 Å². The molecule has 19 heavy (non-hydrogen) atoms. The number of H-pyrrole nitrogens is 1. The number of nitrogens with zero attached hydrogens (tertiary/aromatic N) is 2. The van der Waals surface area contributed by atoms with Gasteiger partial charge in [-0.1, -0.05) is 6.92 Å². The Morgan fingerprint density at radius 1 is 1.32 bits per heavy atom. The van der Waals surface area contributed by atoms with Crippen LogP contribution in [0.1, 0.15) is 19.0 Å². The molecule has 0 aliphatic carbocycles. The number of halogens is 1. The van der Waals surface area contributed by atoms with Crippen molar-refractivity contribution in [2.24, 2.45) is 0 Å². The fourth-order valence-electron chi connectivity index (χ4n) is 2.30. The van der Waals surface area contributed by atoms with Crippen molar-refractivity contribution in [1.82, 2.24) is 14.2 Å². The van der Waals surface area contributed by atoms with E-state index in [0.717, 1.165) is 31.7 Å². The van der Waals surface area contributed by atoms with Crippen LogP contribution in [0.5, 0.6) is 0 Å². The monoisotopic (exact) mass is 305 g/mol. The van der Waals surface area contributed by atoms with Crippen molar-refractivity contribution in [3.63, 3.8) is 0 Å². The molecule has 0 aromatic carbocycles. The van der Waals surface area contributed by atoms with Crippen LogP contribution in [-0.4, -0.2) is 55.3 Å². The summed E-state index contributed by atoms with van der Waals surface area (Å²) in [5, 5.41) is 0. The first kappa shape index (κ1) is 14.8. The molecule has 1 aromatic heterocycles. The molecule has 2 rings (SSSR count). The maximum atomic E-state index is 12.4. The van der Waals surface area contributed by atoms with Gasteiger partial charge in [-0.25, -0.2) is 8.42 Å². The first-order valence-corrected chi connectivity index (χ1v) is 8.51. The van der Waals surface area contributed by atoms with Gasteiger partial charge >= 0.3 is 0 Å². The number of alkyl halides is 1. The van der Waals surface area contributed by atoms with Crippen LogP contribution in [0.4, 0.5) is 0 Å². The van der Waals surface area contributed by atoms with E-state index in [4.69, 9.17) is 11.6 Å². The molecule has 1 fully saturated rings. The lowest BCUT2D eigenvalue weighted by molar-refractivity contribution is 0.188. The van der Waals surface area contributed by atoms with Gasteiger partial charge in [0.25, 0.3) is 0 Å². The molecule has 1 N–H and O–H groups in total. The second kappa shape index (κ2) is 6.26. The molecule has 2 heterocycles. The fourth-order valence-corrected chi connectivity index (χ4v) is 3.90. The van der Waals surface area contributed by atoms with Crippen LogP contribution in [0, 0.1) is 0 Å². The van der Waals surface area contributed by atoms with Gasteiger partial charge in [0.05, 0.1) is 10.8 Å². The van der Waals surface area contributed by atoms with E-state index in [1.165, 1.54) is 6.20 Å². The summed E-state index contributed by atoms with van der Waals surface area (Å²) in [6.45, 7) is 5.90. The molecule has 1 aliphatic rings. The summed E-state index contributed by atoms with van der Waals surface area (Å²) in [6.07, 6.45) is 2.62. The van der Waals surface area contributed by atoms with Gasteiger partial charge < -0.3 is 9.88 Å². The van der Waals surface area contributed by atoms with Gasteiger partial charge in [0.15, 0.2) is 0 Å². The van der Waals surface area contributed by atoms with E-state index in [1.807, 2.05) is 0 Å². The van der Waals surface area contributed by atoms with Crippen LogP contribution in [0.15, 0.2) is 17.2 Å². The summed E-state index contributed by atoms with van der Waals surface area (Å²) < 4.78 is 26.4. The second-order valence-corrected chi connectivity index (χ2v) is 6.95. The van der Waals surface area contributed by atoms with E-state index in [2.05, 4.69) is 16.8 Å². The lowest BCUT2D eigenvalue weighted by Crippen LogP contribution is -2.48. The SMILES string of the molecule is CCCN1CCN(S(=O)(=O)c2c[nH]c(CCl)c2)CC1. The Labute approximate surface area is 119 Å². The summed E-state index contributed by atoms with van der Waals surface area (Å²) in [5.41, 5.74) is 0.727. The molecule has 1 saturated heterocycles. The fraction of sp³-hybridized carbons (Fsp3) is 0.667. The highest BCUT2D eigenvalue weighted by atomic mass is 35.5. The van der Waals surface area contributed by atoms with Crippen LogP contribution in [-0.2, 0) is 15.9 Å². The smallest absolute Gasteiger partial charge is 0.244 e. The average Bonchev–Trinajstić information content (AvgIpc) is 2.89. The van der Waals surface area contributed by atoms with E-state index < -0.39 is 10.0 Å². The molecule has 0 radical (unpaired) electrons. The summed E-state index contributed by atoms with van der Waals surface area (Å²) in [5.74, 6) is 0.291. The number of hydrogen-bond donors (Lipinski definition) is 1. The molecular weight excluding hydrogens is 286 g/mol. The summed E-state index contributed by atoms with van der Waals surface area (Å²) in [4.78, 5) is 5.49. The Kier molecular flexibility index (Phi) is 4.89. The van der Waals surface area contributed by atoms with Crippen LogP contribution < -0.4 is 0 Å². The number of aromatic nitrogens is 1.